The predicted octanol–water partition coefficient (Wildman–Crippen LogP) is -1.34. The van der Waals surface area contributed by atoms with E-state index in [0.29, 0.717) is 5.65 Å². The maximum absolute atomic E-state index is 13.0. The maximum atomic E-state index is 13.0. The highest BCUT2D eigenvalue weighted by molar-refractivity contribution is 8.07. The van der Waals surface area contributed by atoms with Crippen molar-refractivity contribution in [3.63, 3.8) is 0 Å². The zero-order valence-corrected chi connectivity index (χ0v) is 24.1. The molecule has 0 radical (unpaired) electrons. The van der Waals surface area contributed by atoms with Gasteiger partial charge in [-0.05, 0) is 11.8 Å². The summed E-state index contributed by atoms with van der Waals surface area (Å²) in [6.07, 6.45) is -4.22. The van der Waals surface area contributed by atoms with Gasteiger partial charge in [-0.1, -0.05) is 0 Å². The highest BCUT2D eigenvalue weighted by atomic mass is 32.5. The topological polar surface area (TPSA) is 249 Å². The molecule has 42 heavy (non-hydrogen) atoms. The lowest BCUT2D eigenvalue weighted by atomic mass is 10.1. The number of fused-ring (bicyclic) bond motifs is 4. The molecular weight excluding hydrogens is 624 g/mol. The number of aromatic amines is 1. The van der Waals surface area contributed by atoms with Crippen LogP contribution in [0.2, 0.25) is 0 Å². The van der Waals surface area contributed by atoms with Crippen molar-refractivity contribution in [3.05, 3.63) is 45.8 Å². The largest absolute Gasteiger partial charge is 0.756 e. The monoisotopic (exact) mass is 648 g/mol. The number of phosphoric ester groups is 1. The van der Waals surface area contributed by atoms with Crippen molar-refractivity contribution in [2.24, 2.45) is 0 Å². The molecule has 9 atom stereocenters. The minimum Gasteiger partial charge on any atom is -0.756 e. The van der Waals surface area contributed by atoms with Crippen molar-refractivity contribution < 1.29 is 46.7 Å². The lowest BCUT2D eigenvalue weighted by Crippen LogP contribution is -2.38. The third-order valence-corrected chi connectivity index (χ3v) is 9.38. The van der Waals surface area contributed by atoms with E-state index in [-0.39, 0.29) is 24.4 Å². The van der Waals surface area contributed by atoms with Gasteiger partial charge in [-0.2, -0.15) is 0 Å². The lowest BCUT2D eigenvalue weighted by molar-refractivity contribution is -0.235. The Kier molecular flexibility index (Phi) is 7.92. The van der Waals surface area contributed by atoms with Gasteiger partial charge in [0.05, 0.1) is 25.6 Å². The third kappa shape index (κ3) is 5.73. The van der Waals surface area contributed by atoms with Crippen molar-refractivity contribution in [3.8, 4) is 0 Å². The number of nitrogens with two attached hydrogens (primary N) is 1. The van der Waals surface area contributed by atoms with Crippen LogP contribution in [0.1, 0.15) is 18.9 Å². The number of nitrogens with one attached hydrogen (secondary N) is 1. The summed E-state index contributed by atoms with van der Waals surface area (Å²) in [6.45, 7) is -5.05. The number of anilines is 1. The molecule has 2 unspecified atom stereocenters. The Morgan fingerprint density at radius 1 is 1.14 bits per heavy atom. The first kappa shape index (κ1) is 29.6. The number of hydrogen-bond acceptors (Lipinski definition) is 16. The zero-order chi connectivity index (χ0) is 29.8. The van der Waals surface area contributed by atoms with E-state index in [2.05, 4.69) is 19.9 Å². The Morgan fingerprint density at radius 2 is 1.95 bits per heavy atom. The van der Waals surface area contributed by atoms with Gasteiger partial charge in [-0.25, -0.2) is 19.7 Å². The Bertz CT molecular complexity index is 1700. The smallest absolute Gasteiger partial charge is 0.330 e. The number of imidazole rings is 1. The van der Waals surface area contributed by atoms with E-state index in [9.17, 15) is 23.9 Å². The van der Waals surface area contributed by atoms with Crippen LogP contribution >= 0.6 is 14.5 Å². The Hall–Kier alpha value is -2.45. The number of phosphoric acid groups is 1. The summed E-state index contributed by atoms with van der Waals surface area (Å²) in [4.78, 5) is 62.3. The van der Waals surface area contributed by atoms with Gasteiger partial charge < -0.3 is 43.3 Å². The number of rotatable bonds is 3. The summed E-state index contributed by atoms with van der Waals surface area (Å²) in [7, 11) is -3.73. The Morgan fingerprint density at radius 3 is 2.71 bits per heavy atom. The number of aromatic nitrogens is 6. The van der Waals surface area contributed by atoms with Gasteiger partial charge in [-0.3, -0.25) is 28.0 Å². The average Bonchev–Trinajstić information content (AvgIpc) is 3.61. The predicted molar refractivity (Wildman–Crippen MR) is 140 cm³/mol. The summed E-state index contributed by atoms with van der Waals surface area (Å²) in [5.74, 6) is 0.121. The number of H-pyrrole nitrogens is 1. The fourth-order valence-electron chi connectivity index (χ4n) is 5.01. The second-order valence-electron chi connectivity index (χ2n) is 9.47. The Labute approximate surface area is 240 Å². The number of nitrogen functional groups attached to an aromatic ring is 1. The second-order valence-corrected chi connectivity index (χ2v) is 13.6. The number of ether oxygens (including phenoxy) is 3. The van der Waals surface area contributed by atoms with Crippen LogP contribution in [-0.4, -0.2) is 84.8 Å². The molecule has 22 heteroatoms. The summed E-state index contributed by atoms with van der Waals surface area (Å²) in [5.41, 5.74) is 4.95. The molecule has 2 bridgehead atoms. The van der Waals surface area contributed by atoms with E-state index in [1.807, 2.05) is 0 Å². The summed E-state index contributed by atoms with van der Waals surface area (Å²) in [6, 6.07) is 1.06. The molecule has 19 nitrogen and oxygen atoms in total. The summed E-state index contributed by atoms with van der Waals surface area (Å²) in [5, 5.41) is 0. The number of nitrogens with zero attached hydrogens (tertiary/aromatic N) is 5. The molecule has 228 valence electrons. The minimum atomic E-state index is -5.09. The molecule has 3 fully saturated rings. The van der Waals surface area contributed by atoms with Crippen LogP contribution in [0.15, 0.2) is 34.5 Å². The first-order chi connectivity index (χ1) is 19.9. The minimum absolute atomic E-state index is 0.105. The zero-order valence-electron chi connectivity index (χ0n) is 21.5. The van der Waals surface area contributed by atoms with Crippen molar-refractivity contribution in [2.45, 2.75) is 49.4 Å². The van der Waals surface area contributed by atoms with Crippen LogP contribution in [-0.2, 0) is 48.7 Å². The van der Waals surface area contributed by atoms with E-state index in [4.69, 9.17) is 49.8 Å². The molecule has 0 aromatic carbocycles. The fourth-order valence-corrected chi connectivity index (χ4v) is 7.39. The van der Waals surface area contributed by atoms with E-state index in [0.717, 1.165) is 16.8 Å². The van der Waals surface area contributed by atoms with Crippen molar-refractivity contribution >= 4 is 43.3 Å². The molecule has 3 aliphatic rings. The summed E-state index contributed by atoms with van der Waals surface area (Å²) < 4.78 is 54.8. The van der Waals surface area contributed by atoms with Crippen LogP contribution in [0.3, 0.4) is 0 Å². The average molecular weight is 648 g/mol. The SMILES string of the molecule is CO[C@@H]1[C@@H]2OP(O)(=S)OC[C@@H]3C[C@@H](OP(=O)([O-])OC[C@H]2O[C@H]1n1cnc2c(N)ncnc21)[C@H](n1ccc(=O)[nH]c1=O)O3. The van der Waals surface area contributed by atoms with Gasteiger partial charge in [0.2, 0.25) is 0 Å². The van der Waals surface area contributed by atoms with Crippen molar-refractivity contribution in [2.75, 3.05) is 26.1 Å². The molecule has 6 rings (SSSR count). The normalized spacial score (nSPS) is 37.5. The molecular formula is C20H24N7O12P2S-. The molecule has 0 amide bonds. The van der Waals surface area contributed by atoms with Gasteiger partial charge in [0.1, 0.15) is 36.3 Å². The van der Waals surface area contributed by atoms with Gasteiger partial charge in [-0.15, -0.1) is 0 Å². The van der Waals surface area contributed by atoms with Crippen LogP contribution in [0.5, 0.6) is 0 Å². The van der Waals surface area contributed by atoms with Crippen LogP contribution in [0.4, 0.5) is 5.82 Å². The van der Waals surface area contributed by atoms with E-state index in [1.165, 1.54) is 24.3 Å². The Balaban J connectivity index is 1.31. The second kappa shape index (κ2) is 11.2. The van der Waals surface area contributed by atoms with E-state index >= 15 is 0 Å². The fraction of sp³-hybridized carbons (Fsp3) is 0.550. The number of methoxy groups -OCH3 is 1. The first-order valence-electron chi connectivity index (χ1n) is 12.3. The van der Waals surface area contributed by atoms with Gasteiger partial charge in [0.25, 0.3) is 13.4 Å². The molecule has 3 aromatic rings. The maximum Gasteiger partial charge on any atom is 0.330 e. The van der Waals surface area contributed by atoms with Crippen molar-refractivity contribution in [1.29, 1.82) is 0 Å². The van der Waals surface area contributed by atoms with E-state index < -0.39 is 75.4 Å². The molecule has 3 aromatic heterocycles. The molecule has 0 spiro atoms. The molecule has 3 saturated heterocycles. The standard InChI is InChI=1S/C20H25N7O12P2S/c1-33-15-14-11(37-19(15)27-8-24-13-16(21)22-7-23-17(13)27)6-34-40(30,31)38-10-4-9(5-35-41(32,42)39-14)36-18(10)26-3-2-12(28)25-20(26)29/h2-3,7-11,14-15,18-19H,4-6H2,1H3,(H,30,31)(H,32,42)(H2,21,22,23)(H,25,28,29)/p-1/t9-,10+,11+,14+,15+,18+,19+,41?/m0/s1. The van der Waals surface area contributed by atoms with Crippen LogP contribution < -0.4 is 21.9 Å². The van der Waals surface area contributed by atoms with Gasteiger partial charge >= 0.3 is 12.4 Å². The van der Waals surface area contributed by atoms with Gasteiger partial charge in [0, 0.05) is 25.8 Å². The van der Waals surface area contributed by atoms with Crippen LogP contribution in [0, 0.1) is 0 Å². The van der Waals surface area contributed by atoms with Gasteiger partial charge in [0.15, 0.2) is 23.9 Å². The quantitative estimate of drug-likeness (QED) is 0.278. The highest BCUT2D eigenvalue weighted by Gasteiger charge is 2.51. The summed E-state index contributed by atoms with van der Waals surface area (Å²) >= 11 is 5.25. The van der Waals surface area contributed by atoms with E-state index in [1.54, 1.807) is 0 Å². The molecule has 3 aliphatic heterocycles. The molecule has 4 N–H and O–H groups in total. The third-order valence-electron chi connectivity index (χ3n) is 6.83. The lowest BCUT2D eigenvalue weighted by Gasteiger charge is -2.31. The molecule has 0 saturated carbocycles. The molecule has 6 heterocycles. The molecule has 0 aliphatic carbocycles. The highest BCUT2D eigenvalue weighted by Crippen LogP contribution is 2.52. The number of hydrogen-bond donors (Lipinski definition) is 3. The van der Waals surface area contributed by atoms with Crippen LogP contribution in [0.25, 0.3) is 11.2 Å². The van der Waals surface area contributed by atoms with Crippen molar-refractivity contribution in [1.82, 2.24) is 29.1 Å². The first-order valence-corrected chi connectivity index (χ1v) is 16.4.